The van der Waals surface area contributed by atoms with E-state index in [1.54, 1.807) is 0 Å². The van der Waals surface area contributed by atoms with Crippen LogP contribution in [0, 0.1) is 3.57 Å². The molecule has 0 amide bonds. The number of para-hydroxylation sites is 1. The fourth-order valence-corrected chi connectivity index (χ4v) is 2.24. The van der Waals surface area contributed by atoms with Crippen LogP contribution in [-0.2, 0) is 4.74 Å². The van der Waals surface area contributed by atoms with Crippen LogP contribution in [0.1, 0.15) is 13.3 Å². The maximum absolute atomic E-state index is 5.51. The van der Waals surface area contributed by atoms with Gasteiger partial charge in [0.2, 0.25) is 0 Å². The standard InChI is InChI=1S/C11H14INO/c1-8-10(6-7-14-8)13-11-5-3-2-4-9(11)12/h2-5,8,10,13H,6-7H2,1H3/t8-,10-/m0/s1. The van der Waals surface area contributed by atoms with Gasteiger partial charge >= 0.3 is 0 Å². The Morgan fingerprint density at radius 3 is 2.86 bits per heavy atom. The largest absolute Gasteiger partial charge is 0.379 e. The number of benzene rings is 1. The molecule has 2 rings (SSSR count). The third kappa shape index (κ3) is 2.20. The van der Waals surface area contributed by atoms with Gasteiger partial charge in [-0.15, -0.1) is 0 Å². The zero-order chi connectivity index (χ0) is 9.97. The molecule has 3 heteroatoms. The van der Waals surface area contributed by atoms with Gasteiger partial charge in [-0.05, 0) is 48.1 Å². The van der Waals surface area contributed by atoms with E-state index in [0.717, 1.165) is 13.0 Å². The molecule has 0 radical (unpaired) electrons. The molecule has 0 bridgehead atoms. The summed E-state index contributed by atoms with van der Waals surface area (Å²) in [7, 11) is 0. The first-order valence-corrected chi connectivity index (χ1v) is 5.98. The molecule has 1 aliphatic heterocycles. The third-order valence-corrected chi connectivity index (χ3v) is 3.53. The lowest BCUT2D eigenvalue weighted by atomic mass is 10.1. The average molecular weight is 303 g/mol. The molecule has 1 saturated heterocycles. The molecule has 1 fully saturated rings. The minimum atomic E-state index is 0.325. The first-order chi connectivity index (χ1) is 6.77. The van der Waals surface area contributed by atoms with Gasteiger partial charge in [0.15, 0.2) is 0 Å². The van der Waals surface area contributed by atoms with Gasteiger partial charge in [-0.2, -0.15) is 0 Å². The number of nitrogens with one attached hydrogen (secondary N) is 1. The number of anilines is 1. The van der Waals surface area contributed by atoms with E-state index in [1.807, 2.05) is 0 Å². The Bertz CT molecular complexity index is 316. The van der Waals surface area contributed by atoms with Crippen LogP contribution in [0.25, 0.3) is 0 Å². The molecule has 0 spiro atoms. The van der Waals surface area contributed by atoms with Gasteiger partial charge in [0.25, 0.3) is 0 Å². The Balaban J connectivity index is 2.07. The number of hydrogen-bond acceptors (Lipinski definition) is 2. The molecule has 76 valence electrons. The lowest BCUT2D eigenvalue weighted by molar-refractivity contribution is 0.121. The van der Waals surface area contributed by atoms with Crippen molar-refractivity contribution in [3.8, 4) is 0 Å². The van der Waals surface area contributed by atoms with E-state index in [0.29, 0.717) is 12.1 Å². The average Bonchev–Trinajstić information content (AvgIpc) is 2.56. The van der Waals surface area contributed by atoms with E-state index < -0.39 is 0 Å². The zero-order valence-electron chi connectivity index (χ0n) is 8.16. The zero-order valence-corrected chi connectivity index (χ0v) is 10.3. The number of hydrogen-bond donors (Lipinski definition) is 1. The summed E-state index contributed by atoms with van der Waals surface area (Å²) < 4.78 is 6.78. The topological polar surface area (TPSA) is 21.3 Å². The summed E-state index contributed by atoms with van der Waals surface area (Å²) in [4.78, 5) is 0. The maximum atomic E-state index is 5.51. The molecule has 0 saturated carbocycles. The highest BCUT2D eigenvalue weighted by molar-refractivity contribution is 14.1. The fraction of sp³-hybridized carbons (Fsp3) is 0.455. The van der Waals surface area contributed by atoms with Crippen LogP contribution in [0.3, 0.4) is 0 Å². The SMILES string of the molecule is C[C@@H]1OCC[C@@H]1Nc1ccccc1I. The summed E-state index contributed by atoms with van der Waals surface area (Å²) >= 11 is 2.35. The number of ether oxygens (including phenoxy) is 1. The van der Waals surface area contributed by atoms with E-state index in [-0.39, 0.29) is 0 Å². The first kappa shape index (κ1) is 10.2. The molecular formula is C11H14INO. The molecular weight excluding hydrogens is 289 g/mol. The van der Waals surface area contributed by atoms with E-state index in [2.05, 4.69) is 59.1 Å². The van der Waals surface area contributed by atoms with Gasteiger partial charge in [-0.25, -0.2) is 0 Å². The van der Waals surface area contributed by atoms with Crippen molar-refractivity contribution in [1.29, 1.82) is 0 Å². The Kier molecular flexibility index (Phi) is 3.28. The van der Waals surface area contributed by atoms with Gasteiger partial charge in [0.1, 0.15) is 0 Å². The van der Waals surface area contributed by atoms with Gasteiger partial charge in [-0.1, -0.05) is 12.1 Å². The number of rotatable bonds is 2. The Morgan fingerprint density at radius 2 is 2.21 bits per heavy atom. The molecule has 1 aromatic carbocycles. The van der Waals surface area contributed by atoms with Crippen molar-refractivity contribution in [3.05, 3.63) is 27.8 Å². The quantitative estimate of drug-likeness (QED) is 0.848. The highest BCUT2D eigenvalue weighted by Crippen LogP contribution is 2.22. The van der Waals surface area contributed by atoms with Crippen molar-refractivity contribution < 1.29 is 4.74 Å². The molecule has 0 unspecified atom stereocenters. The van der Waals surface area contributed by atoms with E-state index in [9.17, 15) is 0 Å². The second-order valence-electron chi connectivity index (χ2n) is 3.60. The molecule has 1 N–H and O–H groups in total. The lowest BCUT2D eigenvalue weighted by Gasteiger charge is -2.18. The molecule has 1 aliphatic rings. The lowest BCUT2D eigenvalue weighted by Crippen LogP contribution is -2.26. The minimum Gasteiger partial charge on any atom is -0.379 e. The smallest absolute Gasteiger partial charge is 0.0748 e. The van der Waals surface area contributed by atoms with Crippen LogP contribution in [0.2, 0.25) is 0 Å². The van der Waals surface area contributed by atoms with Crippen LogP contribution in [0.4, 0.5) is 5.69 Å². The van der Waals surface area contributed by atoms with Crippen molar-refractivity contribution >= 4 is 28.3 Å². The summed E-state index contributed by atoms with van der Waals surface area (Å²) in [5, 5.41) is 3.53. The summed E-state index contributed by atoms with van der Waals surface area (Å²) in [6.07, 6.45) is 1.43. The van der Waals surface area contributed by atoms with E-state index >= 15 is 0 Å². The molecule has 0 aliphatic carbocycles. The Labute approximate surface area is 98.2 Å². The summed E-state index contributed by atoms with van der Waals surface area (Å²) in [5.74, 6) is 0. The van der Waals surface area contributed by atoms with E-state index in [4.69, 9.17) is 4.74 Å². The fourth-order valence-electron chi connectivity index (χ4n) is 1.70. The molecule has 2 atom stereocenters. The summed E-state index contributed by atoms with van der Waals surface area (Å²) in [6.45, 7) is 3.00. The molecule has 1 heterocycles. The molecule has 0 aromatic heterocycles. The van der Waals surface area contributed by atoms with Gasteiger partial charge in [0.05, 0.1) is 12.1 Å². The van der Waals surface area contributed by atoms with Crippen molar-refractivity contribution in [1.82, 2.24) is 0 Å². The van der Waals surface area contributed by atoms with Crippen LogP contribution in [-0.4, -0.2) is 18.8 Å². The summed E-state index contributed by atoms with van der Waals surface area (Å²) in [5.41, 5.74) is 1.22. The highest BCUT2D eigenvalue weighted by atomic mass is 127. The first-order valence-electron chi connectivity index (χ1n) is 4.90. The third-order valence-electron chi connectivity index (χ3n) is 2.59. The second-order valence-corrected chi connectivity index (χ2v) is 4.76. The van der Waals surface area contributed by atoms with Crippen molar-refractivity contribution in [2.75, 3.05) is 11.9 Å². The van der Waals surface area contributed by atoms with Crippen LogP contribution in [0.5, 0.6) is 0 Å². The van der Waals surface area contributed by atoms with Crippen LogP contribution in [0.15, 0.2) is 24.3 Å². The Hall–Kier alpha value is -0.290. The monoisotopic (exact) mass is 303 g/mol. The van der Waals surface area contributed by atoms with Gasteiger partial charge in [0, 0.05) is 15.9 Å². The molecule has 1 aromatic rings. The second kappa shape index (κ2) is 4.49. The minimum absolute atomic E-state index is 0.325. The molecule has 2 nitrogen and oxygen atoms in total. The predicted molar refractivity (Wildman–Crippen MR) is 66.6 cm³/mol. The van der Waals surface area contributed by atoms with Gasteiger partial charge < -0.3 is 10.1 Å². The molecule has 14 heavy (non-hydrogen) atoms. The summed E-state index contributed by atoms with van der Waals surface area (Å²) in [6, 6.07) is 8.81. The Morgan fingerprint density at radius 1 is 1.43 bits per heavy atom. The maximum Gasteiger partial charge on any atom is 0.0748 e. The van der Waals surface area contributed by atoms with Crippen LogP contribution >= 0.6 is 22.6 Å². The van der Waals surface area contributed by atoms with Crippen molar-refractivity contribution in [2.24, 2.45) is 0 Å². The van der Waals surface area contributed by atoms with E-state index in [1.165, 1.54) is 9.26 Å². The number of halogens is 1. The normalized spacial score (nSPS) is 26.4. The predicted octanol–water partition coefficient (Wildman–Crippen LogP) is 2.88. The van der Waals surface area contributed by atoms with Crippen LogP contribution < -0.4 is 5.32 Å². The van der Waals surface area contributed by atoms with Crippen molar-refractivity contribution in [3.63, 3.8) is 0 Å². The van der Waals surface area contributed by atoms with Crippen molar-refractivity contribution in [2.45, 2.75) is 25.5 Å². The highest BCUT2D eigenvalue weighted by Gasteiger charge is 2.24. The van der Waals surface area contributed by atoms with Gasteiger partial charge in [-0.3, -0.25) is 0 Å².